The second kappa shape index (κ2) is 9.53. The van der Waals surface area contributed by atoms with Crippen LogP contribution in [0, 0.1) is 6.92 Å². The highest BCUT2D eigenvalue weighted by Gasteiger charge is 2.31. The fraction of sp³-hybridized carbons (Fsp3) is 0.524. The van der Waals surface area contributed by atoms with E-state index in [1.54, 1.807) is 17.3 Å². The molecule has 0 aliphatic carbocycles. The summed E-state index contributed by atoms with van der Waals surface area (Å²) in [7, 11) is 0. The number of aromatic nitrogens is 6. The monoisotopic (exact) mass is 440 g/mol. The van der Waals surface area contributed by atoms with Gasteiger partial charge >= 0.3 is 0 Å². The molecule has 4 rings (SSSR count). The summed E-state index contributed by atoms with van der Waals surface area (Å²) < 4.78 is 7.38. The van der Waals surface area contributed by atoms with Crippen molar-refractivity contribution < 1.29 is 14.6 Å². The Bertz CT molecular complexity index is 1080. The zero-order valence-electron chi connectivity index (χ0n) is 18.5. The van der Waals surface area contributed by atoms with E-state index in [2.05, 4.69) is 25.3 Å². The summed E-state index contributed by atoms with van der Waals surface area (Å²) in [6.45, 7) is 7.53. The Morgan fingerprint density at radius 1 is 1.28 bits per heavy atom. The van der Waals surface area contributed by atoms with Gasteiger partial charge in [-0.1, -0.05) is 6.92 Å². The number of morpholine rings is 1. The average Bonchev–Trinajstić information content (AvgIpc) is 3.22. The lowest BCUT2D eigenvalue weighted by Crippen LogP contribution is -2.54. The molecule has 0 aromatic carbocycles. The molecule has 1 saturated heterocycles. The number of aliphatic hydroxyl groups excluding tert-OH is 1. The number of carbonyl (C=O) groups is 1. The van der Waals surface area contributed by atoms with Gasteiger partial charge in [0.05, 0.1) is 31.4 Å². The van der Waals surface area contributed by atoms with Crippen LogP contribution >= 0.6 is 0 Å². The molecule has 11 nitrogen and oxygen atoms in total. The molecule has 0 radical (unpaired) electrons. The van der Waals surface area contributed by atoms with Gasteiger partial charge in [-0.2, -0.15) is 0 Å². The van der Waals surface area contributed by atoms with Crippen molar-refractivity contribution in [2.24, 2.45) is 0 Å². The molecule has 3 aromatic rings. The highest BCUT2D eigenvalue weighted by atomic mass is 16.5. The molecule has 2 atom stereocenters. The number of imidazole rings is 1. The number of nitrogens with zero attached hydrogens (tertiary/aromatic N) is 7. The Kier molecular flexibility index (Phi) is 6.56. The first-order valence-corrected chi connectivity index (χ1v) is 10.8. The molecule has 1 fully saturated rings. The number of carbonyl (C=O) groups excluding carboxylic acids is 1. The van der Waals surface area contributed by atoms with E-state index in [-0.39, 0.29) is 18.6 Å². The van der Waals surface area contributed by atoms with Crippen molar-refractivity contribution >= 4 is 22.9 Å². The largest absolute Gasteiger partial charge is 0.394 e. The molecule has 170 valence electrons. The van der Waals surface area contributed by atoms with Gasteiger partial charge in [0.1, 0.15) is 24.0 Å². The minimum absolute atomic E-state index is 0.0938. The number of ether oxygens (including phenoxy) is 1. The molecule has 11 heteroatoms. The zero-order valence-corrected chi connectivity index (χ0v) is 18.5. The van der Waals surface area contributed by atoms with Gasteiger partial charge in [-0.15, -0.1) is 0 Å². The number of aliphatic hydroxyl groups is 1. The van der Waals surface area contributed by atoms with Crippen LogP contribution in [0.1, 0.15) is 26.1 Å². The van der Waals surface area contributed by atoms with Crippen LogP contribution in [0.3, 0.4) is 0 Å². The number of nitrogens with one attached hydrogen (secondary N) is 1. The lowest BCUT2D eigenvalue weighted by atomic mass is 10.1. The quantitative estimate of drug-likeness (QED) is 0.553. The van der Waals surface area contributed by atoms with Crippen molar-refractivity contribution in [2.45, 2.75) is 45.8 Å². The molecule has 32 heavy (non-hydrogen) atoms. The highest BCUT2D eigenvalue weighted by molar-refractivity contribution is 5.90. The van der Waals surface area contributed by atoms with Crippen LogP contribution in [-0.4, -0.2) is 83.8 Å². The van der Waals surface area contributed by atoms with E-state index in [0.29, 0.717) is 61.4 Å². The van der Waals surface area contributed by atoms with Gasteiger partial charge in [-0.25, -0.2) is 24.9 Å². The van der Waals surface area contributed by atoms with E-state index in [9.17, 15) is 9.90 Å². The van der Waals surface area contributed by atoms with E-state index in [4.69, 9.17) is 9.72 Å². The number of anilines is 1. The number of hydrogen-bond acceptors (Lipinski definition) is 9. The summed E-state index contributed by atoms with van der Waals surface area (Å²) in [4.78, 5) is 37.1. The van der Waals surface area contributed by atoms with Gasteiger partial charge in [0.2, 0.25) is 5.91 Å². The van der Waals surface area contributed by atoms with Crippen molar-refractivity contribution in [2.75, 3.05) is 31.7 Å². The molecule has 0 saturated carbocycles. The summed E-state index contributed by atoms with van der Waals surface area (Å²) in [5, 5.41) is 12.9. The van der Waals surface area contributed by atoms with Crippen LogP contribution in [0.2, 0.25) is 0 Å². The van der Waals surface area contributed by atoms with Gasteiger partial charge in [0, 0.05) is 25.5 Å². The Labute approximate surface area is 185 Å². The number of amides is 1. The first kappa shape index (κ1) is 22.0. The van der Waals surface area contributed by atoms with E-state index in [0.717, 1.165) is 5.56 Å². The molecule has 1 amide bonds. The van der Waals surface area contributed by atoms with Crippen molar-refractivity contribution in [3.05, 3.63) is 24.5 Å². The number of rotatable bonds is 7. The summed E-state index contributed by atoms with van der Waals surface area (Å²) in [6, 6.07) is -0.858. The van der Waals surface area contributed by atoms with E-state index >= 15 is 0 Å². The number of fused-ring (bicyclic) bond motifs is 1. The zero-order chi connectivity index (χ0) is 22.7. The van der Waals surface area contributed by atoms with Gasteiger partial charge < -0.3 is 24.6 Å². The van der Waals surface area contributed by atoms with E-state index in [1.807, 2.05) is 25.3 Å². The Morgan fingerprint density at radius 2 is 2.06 bits per heavy atom. The summed E-state index contributed by atoms with van der Waals surface area (Å²) >= 11 is 0. The average molecular weight is 441 g/mol. The Balaban J connectivity index is 1.68. The highest BCUT2D eigenvalue weighted by Crippen LogP contribution is 2.27. The maximum atomic E-state index is 13.2. The first-order valence-electron chi connectivity index (χ1n) is 10.8. The second-order valence-corrected chi connectivity index (χ2v) is 7.64. The third-order valence-corrected chi connectivity index (χ3v) is 5.63. The lowest BCUT2D eigenvalue weighted by molar-refractivity contribution is -0.142. The van der Waals surface area contributed by atoms with Crippen LogP contribution < -0.4 is 5.32 Å². The van der Waals surface area contributed by atoms with Crippen LogP contribution in [0.15, 0.2) is 18.7 Å². The smallest absolute Gasteiger partial charge is 0.245 e. The molecule has 2 N–H and O–H groups in total. The Hall–Kier alpha value is -3.18. The normalized spacial score (nSPS) is 17.5. The molecule has 0 spiro atoms. The third kappa shape index (κ3) is 4.13. The van der Waals surface area contributed by atoms with Crippen molar-refractivity contribution in [3.8, 4) is 11.4 Å². The first-order chi connectivity index (χ1) is 15.6. The molecular weight excluding hydrogens is 412 g/mol. The third-order valence-electron chi connectivity index (χ3n) is 5.63. The predicted molar refractivity (Wildman–Crippen MR) is 118 cm³/mol. The fourth-order valence-electron chi connectivity index (χ4n) is 3.87. The van der Waals surface area contributed by atoms with Gasteiger partial charge in [-0.3, -0.25) is 4.79 Å². The molecule has 3 aromatic heterocycles. The maximum Gasteiger partial charge on any atom is 0.245 e. The lowest BCUT2D eigenvalue weighted by Gasteiger charge is -2.36. The predicted octanol–water partition coefficient (Wildman–Crippen LogP) is 1.02. The molecule has 0 bridgehead atoms. The van der Waals surface area contributed by atoms with Crippen LogP contribution in [0.4, 0.5) is 5.82 Å². The molecule has 4 heterocycles. The van der Waals surface area contributed by atoms with Gasteiger partial charge in [0.25, 0.3) is 0 Å². The standard InChI is InChI=1S/C21H28N8O3/c1-4-16(21(31)29-6-7-32-11-15(29)10-30)26-18-17-20(25-12-24-18)28(5-2)19(27-17)14-8-22-13(3)23-9-14/h8-9,12,15-16,30H,4-7,10-11H2,1-3H3,(H,24,25,26)/t15-,16-/m1/s1. The van der Waals surface area contributed by atoms with Crippen molar-refractivity contribution in [1.82, 2.24) is 34.4 Å². The van der Waals surface area contributed by atoms with Gasteiger partial charge in [0.15, 0.2) is 17.0 Å². The molecule has 0 unspecified atom stereocenters. The molecular formula is C21H28N8O3. The Morgan fingerprint density at radius 3 is 2.75 bits per heavy atom. The fourth-order valence-corrected chi connectivity index (χ4v) is 3.87. The van der Waals surface area contributed by atoms with Crippen LogP contribution in [-0.2, 0) is 16.1 Å². The van der Waals surface area contributed by atoms with Crippen LogP contribution in [0.5, 0.6) is 0 Å². The second-order valence-electron chi connectivity index (χ2n) is 7.64. The maximum absolute atomic E-state index is 13.2. The number of hydrogen-bond donors (Lipinski definition) is 2. The summed E-state index contributed by atoms with van der Waals surface area (Å²) in [5.41, 5.74) is 2.03. The van der Waals surface area contributed by atoms with Crippen molar-refractivity contribution in [3.63, 3.8) is 0 Å². The molecule has 1 aliphatic heterocycles. The number of aryl methyl sites for hydroxylation is 2. The SMILES string of the molecule is CC[C@@H](Nc1ncnc2c1nc(-c1cnc(C)nc1)n2CC)C(=O)N1CCOC[C@H]1CO. The minimum Gasteiger partial charge on any atom is -0.394 e. The summed E-state index contributed by atoms with van der Waals surface area (Å²) in [6.07, 6.45) is 5.49. The minimum atomic E-state index is -0.516. The topological polar surface area (TPSA) is 131 Å². The molecule has 1 aliphatic rings. The van der Waals surface area contributed by atoms with E-state index < -0.39 is 6.04 Å². The van der Waals surface area contributed by atoms with Crippen LogP contribution in [0.25, 0.3) is 22.6 Å². The van der Waals surface area contributed by atoms with E-state index in [1.165, 1.54) is 6.33 Å². The summed E-state index contributed by atoms with van der Waals surface area (Å²) in [5.74, 6) is 1.77. The van der Waals surface area contributed by atoms with Crippen molar-refractivity contribution in [1.29, 1.82) is 0 Å². The van der Waals surface area contributed by atoms with Gasteiger partial charge in [-0.05, 0) is 20.3 Å².